The summed E-state index contributed by atoms with van der Waals surface area (Å²) in [6.45, 7) is 2.42. The van der Waals surface area contributed by atoms with Crippen LogP contribution >= 0.6 is 0 Å². The summed E-state index contributed by atoms with van der Waals surface area (Å²) in [5.41, 5.74) is 0. The zero-order chi connectivity index (χ0) is 17.1. The maximum Gasteiger partial charge on any atom is 0.509 e. The molecule has 9 heteroatoms. The molecule has 0 bridgehead atoms. The summed E-state index contributed by atoms with van der Waals surface area (Å²) in [5, 5.41) is 4.78. The normalized spacial score (nSPS) is 12.5. The van der Waals surface area contributed by atoms with Gasteiger partial charge in [-0.1, -0.05) is 0 Å². The van der Waals surface area contributed by atoms with Crippen molar-refractivity contribution in [2.75, 3.05) is 20.7 Å². The molecule has 2 amide bonds. The van der Waals surface area contributed by atoms with Gasteiger partial charge in [0.1, 0.15) is 12.2 Å². The van der Waals surface area contributed by atoms with E-state index in [2.05, 4.69) is 15.4 Å². The van der Waals surface area contributed by atoms with Gasteiger partial charge in [-0.2, -0.15) is 0 Å². The molecule has 9 nitrogen and oxygen atoms in total. The first kappa shape index (κ1) is 19.7. The highest BCUT2D eigenvalue weighted by molar-refractivity contribution is 5.78. The monoisotopic (exact) mass is 318 g/mol. The Kier molecular flexibility index (Phi) is 9.31. The molecule has 22 heavy (non-hydrogen) atoms. The van der Waals surface area contributed by atoms with Crippen LogP contribution in [0.25, 0.3) is 0 Å². The van der Waals surface area contributed by atoms with Crippen LogP contribution in [0.4, 0.5) is 4.79 Å². The van der Waals surface area contributed by atoms with Crippen LogP contribution in [-0.2, 0) is 28.6 Å². The molecule has 0 saturated carbocycles. The maximum atomic E-state index is 11.4. The molecule has 0 rings (SSSR count). The third-order valence-corrected chi connectivity index (χ3v) is 2.44. The van der Waals surface area contributed by atoms with E-state index in [9.17, 15) is 19.2 Å². The molecule has 0 aromatic heterocycles. The van der Waals surface area contributed by atoms with Gasteiger partial charge in [-0.3, -0.25) is 9.59 Å². The van der Waals surface area contributed by atoms with Crippen molar-refractivity contribution in [3.63, 3.8) is 0 Å². The molecule has 0 aliphatic carbocycles. The lowest BCUT2D eigenvalue weighted by atomic mass is 10.3. The molecule has 0 radical (unpaired) electrons. The Morgan fingerprint density at radius 1 is 0.864 bits per heavy atom. The number of hydrogen-bond donors (Lipinski definition) is 2. The highest BCUT2D eigenvalue weighted by atomic mass is 16.7. The number of nitrogens with one attached hydrogen (secondary N) is 2. The lowest BCUT2D eigenvalue weighted by molar-refractivity contribution is -0.153. The van der Waals surface area contributed by atoms with E-state index in [1.807, 2.05) is 0 Å². The molecule has 126 valence electrons. The van der Waals surface area contributed by atoms with Gasteiger partial charge >= 0.3 is 12.1 Å². The summed E-state index contributed by atoms with van der Waals surface area (Å²) < 4.78 is 14.2. The second-order valence-electron chi connectivity index (χ2n) is 4.52. The van der Waals surface area contributed by atoms with Gasteiger partial charge in [0.15, 0.2) is 6.61 Å². The Labute approximate surface area is 128 Å². The second-order valence-corrected chi connectivity index (χ2v) is 4.52. The largest absolute Gasteiger partial charge is 0.509 e. The number of carbonyl (C=O) groups is 4. The number of hydrogen-bond acceptors (Lipinski definition) is 7. The molecule has 0 aliphatic heterocycles. The van der Waals surface area contributed by atoms with E-state index in [-0.39, 0.29) is 24.7 Å². The van der Waals surface area contributed by atoms with Gasteiger partial charge in [0, 0.05) is 14.1 Å². The fourth-order valence-electron chi connectivity index (χ4n) is 1.38. The third-order valence-electron chi connectivity index (χ3n) is 2.44. The summed E-state index contributed by atoms with van der Waals surface area (Å²) >= 11 is 0. The Hall–Kier alpha value is -2.32. The third kappa shape index (κ3) is 9.56. The highest BCUT2D eigenvalue weighted by Crippen LogP contribution is 2.01. The molecule has 2 N–H and O–H groups in total. The SMILES string of the molecule is CNC(=O)CC(C)OC(=O)COC(=O)OC(C)CC(=O)NC. The van der Waals surface area contributed by atoms with Gasteiger partial charge in [0.05, 0.1) is 12.8 Å². The van der Waals surface area contributed by atoms with Crippen molar-refractivity contribution in [2.45, 2.75) is 38.9 Å². The lowest BCUT2D eigenvalue weighted by Gasteiger charge is -2.14. The predicted molar refractivity (Wildman–Crippen MR) is 74.8 cm³/mol. The van der Waals surface area contributed by atoms with E-state index in [0.29, 0.717) is 0 Å². The zero-order valence-electron chi connectivity index (χ0n) is 13.1. The quantitative estimate of drug-likeness (QED) is 0.591. The molecule has 0 spiro atoms. The van der Waals surface area contributed by atoms with Crippen molar-refractivity contribution in [1.82, 2.24) is 10.6 Å². The molecule has 0 aromatic rings. The van der Waals surface area contributed by atoms with Crippen LogP contribution in [0.2, 0.25) is 0 Å². The number of amides is 2. The minimum Gasteiger partial charge on any atom is -0.460 e. The van der Waals surface area contributed by atoms with Gasteiger partial charge in [-0.15, -0.1) is 0 Å². The summed E-state index contributed by atoms with van der Waals surface area (Å²) in [6.07, 6.45) is -2.41. The van der Waals surface area contributed by atoms with Gasteiger partial charge in [-0.05, 0) is 13.8 Å². The van der Waals surface area contributed by atoms with Crippen molar-refractivity contribution in [3.8, 4) is 0 Å². The minimum absolute atomic E-state index is 0.00977. The minimum atomic E-state index is -1.08. The fourth-order valence-corrected chi connectivity index (χ4v) is 1.38. The average molecular weight is 318 g/mol. The number of carbonyl (C=O) groups excluding carboxylic acids is 4. The number of rotatable bonds is 8. The van der Waals surface area contributed by atoms with Crippen LogP contribution in [0.3, 0.4) is 0 Å². The molecule has 0 aromatic carbocycles. The average Bonchev–Trinajstić information content (AvgIpc) is 2.44. The Morgan fingerprint density at radius 2 is 1.32 bits per heavy atom. The zero-order valence-corrected chi connectivity index (χ0v) is 13.1. The van der Waals surface area contributed by atoms with Gasteiger partial charge in [0.25, 0.3) is 0 Å². The van der Waals surface area contributed by atoms with E-state index < -0.39 is 30.9 Å². The van der Waals surface area contributed by atoms with E-state index in [1.54, 1.807) is 0 Å². The molecule has 0 heterocycles. The lowest BCUT2D eigenvalue weighted by Crippen LogP contribution is -2.28. The molecule has 0 aliphatic rings. The van der Waals surface area contributed by atoms with Crippen LogP contribution in [0.15, 0.2) is 0 Å². The number of esters is 1. The first-order valence-corrected chi connectivity index (χ1v) is 6.72. The summed E-state index contributed by atoms with van der Waals surface area (Å²) in [6, 6.07) is 0. The molecular weight excluding hydrogens is 296 g/mol. The van der Waals surface area contributed by atoms with E-state index in [0.717, 1.165) is 0 Å². The van der Waals surface area contributed by atoms with Gasteiger partial charge in [-0.25, -0.2) is 9.59 Å². The van der Waals surface area contributed by atoms with Crippen LogP contribution in [0.5, 0.6) is 0 Å². The van der Waals surface area contributed by atoms with Crippen molar-refractivity contribution < 1.29 is 33.4 Å². The molecule has 0 saturated heterocycles. The smallest absolute Gasteiger partial charge is 0.460 e. The van der Waals surface area contributed by atoms with Crippen molar-refractivity contribution in [3.05, 3.63) is 0 Å². The summed E-state index contributed by atoms with van der Waals surface area (Å²) in [4.78, 5) is 44.8. The standard InChI is InChI=1S/C13H22N2O7/c1-8(5-10(16)14-3)21-12(18)7-20-13(19)22-9(2)6-11(17)15-4/h8-9H,5-7H2,1-4H3,(H,14,16)(H,15,17). The first-order valence-electron chi connectivity index (χ1n) is 6.72. The van der Waals surface area contributed by atoms with Crippen LogP contribution in [-0.4, -0.2) is 56.8 Å². The number of ether oxygens (including phenoxy) is 3. The second kappa shape index (κ2) is 10.4. The predicted octanol–water partition coefficient (Wildman–Crippen LogP) is -0.268. The van der Waals surface area contributed by atoms with Gasteiger partial charge < -0.3 is 24.8 Å². The molecular formula is C13H22N2O7. The molecule has 2 atom stereocenters. The fraction of sp³-hybridized carbons (Fsp3) is 0.692. The van der Waals surface area contributed by atoms with Crippen LogP contribution < -0.4 is 10.6 Å². The Morgan fingerprint density at radius 3 is 1.77 bits per heavy atom. The van der Waals surface area contributed by atoms with Crippen LogP contribution in [0, 0.1) is 0 Å². The summed E-state index contributed by atoms with van der Waals surface area (Å²) in [7, 11) is 2.93. The van der Waals surface area contributed by atoms with E-state index >= 15 is 0 Å². The molecule has 0 fully saturated rings. The maximum absolute atomic E-state index is 11.4. The van der Waals surface area contributed by atoms with Crippen molar-refractivity contribution >= 4 is 23.9 Å². The van der Waals surface area contributed by atoms with Gasteiger partial charge in [0.2, 0.25) is 11.8 Å². The van der Waals surface area contributed by atoms with Crippen molar-refractivity contribution in [2.24, 2.45) is 0 Å². The van der Waals surface area contributed by atoms with Crippen molar-refractivity contribution in [1.29, 1.82) is 0 Å². The van der Waals surface area contributed by atoms with E-state index in [1.165, 1.54) is 27.9 Å². The Balaban J connectivity index is 3.96. The van der Waals surface area contributed by atoms with E-state index in [4.69, 9.17) is 9.47 Å². The Bertz CT molecular complexity index is 373. The topological polar surface area (TPSA) is 120 Å². The highest BCUT2D eigenvalue weighted by Gasteiger charge is 2.17. The first-order chi connectivity index (χ1) is 10.3. The molecule has 2 unspecified atom stereocenters. The summed E-state index contributed by atoms with van der Waals surface area (Å²) in [5.74, 6) is -1.36. The van der Waals surface area contributed by atoms with Crippen LogP contribution in [0.1, 0.15) is 26.7 Å².